The first-order valence-corrected chi connectivity index (χ1v) is 18.2. The number of aliphatic hydroxyl groups excluding tert-OH is 5. The zero-order valence-electron chi connectivity index (χ0n) is 27.1. The largest absolute Gasteiger partial charge is 0.396 e. The molecule has 0 saturated heterocycles. The molecule has 0 aromatic rings. The van der Waals surface area contributed by atoms with Gasteiger partial charge in [-0.15, -0.1) is 0 Å². The summed E-state index contributed by atoms with van der Waals surface area (Å²) in [4.78, 5) is 0. The van der Waals surface area contributed by atoms with Crippen molar-refractivity contribution >= 4 is 0 Å². The van der Waals surface area contributed by atoms with Gasteiger partial charge in [0.2, 0.25) is 0 Å². The van der Waals surface area contributed by atoms with E-state index < -0.39 is 5.41 Å². The van der Waals surface area contributed by atoms with E-state index >= 15 is 0 Å². The summed E-state index contributed by atoms with van der Waals surface area (Å²) >= 11 is 0. The Labute approximate surface area is 254 Å². The Bertz CT molecular complexity index is 542. The lowest BCUT2D eigenvalue weighted by atomic mass is 9.49. The van der Waals surface area contributed by atoms with Crippen molar-refractivity contribution in [2.45, 2.75) is 180 Å². The van der Waals surface area contributed by atoms with Gasteiger partial charge in [0.25, 0.3) is 0 Å². The lowest BCUT2D eigenvalue weighted by Crippen LogP contribution is -2.50. The van der Waals surface area contributed by atoms with E-state index in [-0.39, 0.29) is 44.4 Å². The molecule has 0 heterocycles. The zero-order valence-corrected chi connectivity index (χ0v) is 27.1. The van der Waals surface area contributed by atoms with E-state index in [0.717, 1.165) is 32.1 Å². The maximum Gasteiger partial charge on any atom is 0.0436 e. The first kappa shape index (κ1) is 38.8. The molecule has 0 spiro atoms. The van der Waals surface area contributed by atoms with Gasteiger partial charge in [-0.3, -0.25) is 0 Å². The molecular formula is C36H72O5. The number of rotatable bonds is 10. The van der Waals surface area contributed by atoms with Gasteiger partial charge < -0.3 is 25.5 Å². The van der Waals surface area contributed by atoms with Gasteiger partial charge in [-0.2, -0.15) is 0 Å². The van der Waals surface area contributed by atoms with Crippen LogP contribution < -0.4 is 0 Å². The van der Waals surface area contributed by atoms with Gasteiger partial charge in [-0.05, 0) is 61.7 Å². The van der Waals surface area contributed by atoms with Crippen LogP contribution >= 0.6 is 0 Å². The molecule has 5 N–H and O–H groups in total. The quantitative estimate of drug-likeness (QED) is 0.177. The molecule has 1 rings (SSSR count). The second-order valence-electron chi connectivity index (χ2n) is 13.5. The summed E-state index contributed by atoms with van der Waals surface area (Å²) in [6, 6.07) is 0. The van der Waals surface area contributed by atoms with Crippen LogP contribution in [0.3, 0.4) is 0 Å². The fourth-order valence-electron chi connectivity index (χ4n) is 8.51. The van der Waals surface area contributed by atoms with Crippen LogP contribution in [0.4, 0.5) is 0 Å². The van der Waals surface area contributed by atoms with Crippen molar-refractivity contribution in [2.75, 3.05) is 33.0 Å². The summed E-state index contributed by atoms with van der Waals surface area (Å²) in [6.07, 6.45) is 32.2. The van der Waals surface area contributed by atoms with E-state index in [4.69, 9.17) is 0 Å². The Morgan fingerprint density at radius 2 is 0.683 bits per heavy atom. The van der Waals surface area contributed by atoms with Crippen LogP contribution in [0.25, 0.3) is 0 Å². The standard InChI is InChI=1S/C36H72O5/c37-29-23-34-22-20-18-16-14-12-10-8-6-4-2-1-3-5-7-9-11-13-15-17-19-21-24-35(25-30-38,26-31-39)36(34,27-32-40)28-33-41/h34,37-41H,1-33H2. The van der Waals surface area contributed by atoms with Crippen molar-refractivity contribution in [3.63, 3.8) is 0 Å². The Morgan fingerprint density at radius 1 is 0.366 bits per heavy atom. The highest BCUT2D eigenvalue weighted by Gasteiger charge is 2.52. The van der Waals surface area contributed by atoms with Gasteiger partial charge in [-0.1, -0.05) is 135 Å². The van der Waals surface area contributed by atoms with Gasteiger partial charge in [0, 0.05) is 33.0 Å². The Balaban J connectivity index is 3.04. The van der Waals surface area contributed by atoms with Crippen LogP contribution in [0, 0.1) is 16.7 Å². The molecule has 0 bridgehead atoms. The Hall–Kier alpha value is -0.200. The molecule has 1 unspecified atom stereocenters. The van der Waals surface area contributed by atoms with Crippen LogP contribution in [0.1, 0.15) is 180 Å². The molecule has 5 nitrogen and oxygen atoms in total. The second-order valence-corrected chi connectivity index (χ2v) is 13.5. The molecule has 5 heteroatoms. The highest BCUT2D eigenvalue weighted by Crippen LogP contribution is 2.59. The highest BCUT2D eigenvalue weighted by molar-refractivity contribution is 5.01. The molecule has 41 heavy (non-hydrogen) atoms. The summed E-state index contributed by atoms with van der Waals surface area (Å²) in [6.45, 7) is 0.244. The van der Waals surface area contributed by atoms with Crippen molar-refractivity contribution < 1.29 is 25.5 Å². The Kier molecular flexibility index (Phi) is 24.8. The molecule has 246 valence electrons. The summed E-state index contributed by atoms with van der Waals surface area (Å²) in [5, 5.41) is 51.5. The maximum absolute atomic E-state index is 10.4. The van der Waals surface area contributed by atoms with Gasteiger partial charge in [-0.25, -0.2) is 0 Å². The van der Waals surface area contributed by atoms with Crippen LogP contribution in [0.2, 0.25) is 0 Å². The molecule has 1 saturated carbocycles. The fourth-order valence-corrected chi connectivity index (χ4v) is 8.51. The minimum absolute atomic E-state index is 0.0283. The predicted molar refractivity (Wildman–Crippen MR) is 173 cm³/mol. The molecule has 0 amide bonds. The minimum atomic E-state index is -0.407. The average Bonchev–Trinajstić information content (AvgIpc) is 2.96. The number of hydrogen-bond acceptors (Lipinski definition) is 5. The molecule has 0 aliphatic heterocycles. The fraction of sp³-hybridized carbons (Fsp3) is 1.00. The van der Waals surface area contributed by atoms with E-state index in [9.17, 15) is 25.5 Å². The van der Waals surface area contributed by atoms with E-state index in [1.165, 1.54) is 116 Å². The number of hydrogen-bond donors (Lipinski definition) is 5. The molecule has 0 radical (unpaired) electrons. The van der Waals surface area contributed by atoms with Crippen molar-refractivity contribution in [1.29, 1.82) is 0 Å². The molecule has 1 aliphatic carbocycles. The monoisotopic (exact) mass is 585 g/mol. The first-order chi connectivity index (χ1) is 20.2. The molecule has 0 aromatic carbocycles. The van der Waals surface area contributed by atoms with Crippen molar-refractivity contribution in [3.05, 3.63) is 0 Å². The molecule has 1 aliphatic rings. The van der Waals surface area contributed by atoms with Crippen molar-refractivity contribution in [3.8, 4) is 0 Å². The van der Waals surface area contributed by atoms with E-state index in [1.54, 1.807) is 0 Å². The number of aliphatic hydroxyl groups is 5. The molecule has 0 aromatic heterocycles. The lowest BCUT2D eigenvalue weighted by Gasteiger charge is -2.56. The van der Waals surface area contributed by atoms with E-state index in [2.05, 4.69) is 0 Å². The van der Waals surface area contributed by atoms with Crippen LogP contribution in [-0.2, 0) is 0 Å². The third-order valence-corrected chi connectivity index (χ3v) is 10.8. The van der Waals surface area contributed by atoms with Crippen molar-refractivity contribution in [1.82, 2.24) is 0 Å². The predicted octanol–water partition coefficient (Wildman–Crippen LogP) is 8.47. The van der Waals surface area contributed by atoms with Gasteiger partial charge in [0.15, 0.2) is 0 Å². The normalized spacial score (nSPS) is 24.1. The topological polar surface area (TPSA) is 101 Å². The third kappa shape index (κ3) is 15.4. The smallest absolute Gasteiger partial charge is 0.0436 e. The molecule has 1 atom stereocenters. The van der Waals surface area contributed by atoms with Crippen LogP contribution in [0.15, 0.2) is 0 Å². The summed E-state index contributed by atoms with van der Waals surface area (Å²) in [5.74, 6) is 0.156. The zero-order chi connectivity index (χ0) is 29.9. The summed E-state index contributed by atoms with van der Waals surface area (Å²) < 4.78 is 0. The second kappa shape index (κ2) is 26.2. The highest BCUT2D eigenvalue weighted by atomic mass is 16.3. The van der Waals surface area contributed by atoms with Crippen LogP contribution in [-0.4, -0.2) is 58.6 Å². The lowest BCUT2D eigenvalue weighted by molar-refractivity contribution is -0.100. The van der Waals surface area contributed by atoms with E-state index in [1.807, 2.05) is 0 Å². The van der Waals surface area contributed by atoms with Crippen molar-refractivity contribution in [2.24, 2.45) is 16.7 Å². The third-order valence-electron chi connectivity index (χ3n) is 10.8. The van der Waals surface area contributed by atoms with Crippen LogP contribution in [0.5, 0.6) is 0 Å². The van der Waals surface area contributed by atoms with Gasteiger partial charge in [0.1, 0.15) is 0 Å². The van der Waals surface area contributed by atoms with Gasteiger partial charge >= 0.3 is 0 Å². The Morgan fingerprint density at radius 3 is 1.00 bits per heavy atom. The molecule has 1 fully saturated rings. The summed E-state index contributed by atoms with van der Waals surface area (Å²) in [7, 11) is 0. The molecular weight excluding hydrogens is 512 g/mol. The summed E-state index contributed by atoms with van der Waals surface area (Å²) in [5.41, 5.74) is -0.761. The van der Waals surface area contributed by atoms with Gasteiger partial charge in [0.05, 0.1) is 0 Å². The average molecular weight is 585 g/mol. The van der Waals surface area contributed by atoms with E-state index in [0.29, 0.717) is 32.1 Å². The minimum Gasteiger partial charge on any atom is -0.396 e. The maximum atomic E-state index is 10.4. The first-order valence-electron chi connectivity index (χ1n) is 18.2. The SMILES string of the molecule is OCCC1CCCCCCCCCCCCCCCCCCCCCCCC(CCO)(CCO)C1(CCO)CCO.